The maximum Gasteiger partial charge on any atom is 0.123 e. The van der Waals surface area contributed by atoms with Crippen molar-refractivity contribution >= 4 is 0 Å². The molecule has 78 valence electrons. The predicted molar refractivity (Wildman–Crippen MR) is 58.1 cm³/mol. The molecule has 0 aromatic heterocycles. The first-order valence-corrected chi connectivity index (χ1v) is 5.05. The maximum atomic E-state index is 13.0. The highest BCUT2D eigenvalue weighted by atomic mass is 19.1. The average molecular weight is 195 g/mol. The minimum Gasteiger partial charge on any atom is -0.320 e. The second-order valence-electron chi connectivity index (χ2n) is 3.79. The van der Waals surface area contributed by atoms with E-state index in [9.17, 15) is 4.39 Å². The average Bonchev–Trinajstić information content (AvgIpc) is 2.18. The molecule has 1 unspecified atom stereocenters. The lowest BCUT2D eigenvalue weighted by Crippen LogP contribution is -2.11. The molecule has 0 aliphatic carbocycles. The molecule has 0 amide bonds. The van der Waals surface area contributed by atoms with Crippen LogP contribution in [0.2, 0.25) is 0 Å². The van der Waals surface area contributed by atoms with E-state index in [2.05, 4.69) is 12.2 Å². The van der Waals surface area contributed by atoms with Gasteiger partial charge in [0.15, 0.2) is 0 Å². The smallest absolute Gasteiger partial charge is 0.123 e. The van der Waals surface area contributed by atoms with Crippen LogP contribution in [0.5, 0.6) is 0 Å². The molecule has 0 fully saturated rings. The fourth-order valence-electron chi connectivity index (χ4n) is 1.66. The lowest BCUT2D eigenvalue weighted by Gasteiger charge is -2.14. The summed E-state index contributed by atoms with van der Waals surface area (Å²) in [5, 5.41) is 3.11. The molecule has 0 saturated heterocycles. The van der Waals surface area contributed by atoms with E-state index in [4.69, 9.17) is 0 Å². The monoisotopic (exact) mass is 195 g/mol. The summed E-state index contributed by atoms with van der Waals surface area (Å²) < 4.78 is 13.0. The van der Waals surface area contributed by atoms with Gasteiger partial charge in [0.25, 0.3) is 0 Å². The molecule has 1 N–H and O–H groups in total. The highest BCUT2D eigenvalue weighted by Crippen LogP contribution is 2.22. The summed E-state index contributed by atoms with van der Waals surface area (Å²) in [7, 11) is 1.94. The van der Waals surface area contributed by atoms with Crippen LogP contribution in [0.15, 0.2) is 18.2 Å². The Morgan fingerprint density at radius 2 is 2.14 bits per heavy atom. The molecule has 2 heteroatoms. The number of nitrogens with one attached hydrogen (secondary N) is 1. The first-order valence-electron chi connectivity index (χ1n) is 5.05. The standard InChI is InChI=1S/C12H18FN/c1-9-4-5-11(13)8-12(9)10(2)6-7-14-3/h4-5,8,10,14H,6-7H2,1-3H3. The van der Waals surface area contributed by atoms with Crippen LogP contribution in [-0.2, 0) is 0 Å². The van der Waals surface area contributed by atoms with Crippen LogP contribution in [0.25, 0.3) is 0 Å². The first-order chi connectivity index (χ1) is 6.65. The molecular weight excluding hydrogens is 177 g/mol. The summed E-state index contributed by atoms with van der Waals surface area (Å²) >= 11 is 0. The minimum absolute atomic E-state index is 0.137. The van der Waals surface area contributed by atoms with Gasteiger partial charge in [0, 0.05) is 0 Å². The zero-order chi connectivity index (χ0) is 10.6. The van der Waals surface area contributed by atoms with E-state index in [-0.39, 0.29) is 5.82 Å². The van der Waals surface area contributed by atoms with Crippen molar-refractivity contribution in [2.45, 2.75) is 26.2 Å². The van der Waals surface area contributed by atoms with Gasteiger partial charge in [-0.15, -0.1) is 0 Å². The van der Waals surface area contributed by atoms with Gasteiger partial charge in [-0.25, -0.2) is 4.39 Å². The van der Waals surface area contributed by atoms with E-state index in [1.807, 2.05) is 20.0 Å². The molecule has 1 atom stereocenters. The third kappa shape index (κ3) is 2.81. The normalized spacial score (nSPS) is 12.9. The second-order valence-corrected chi connectivity index (χ2v) is 3.79. The van der Waals surface area contributed by atoms with Gasteiger partial charge in [0.1, 0.15) is 5.82 Å². The highest BCUT2D eigenvalue weighted by molar-refractivity contribution is 5.29. The Labute approximate surface area is 85.3 Å². The Morgan fingerprint density at radius 1 is 1.43 bits per heavy atom. The SMILES string of the molecule is CNCCC(C)c1cc(F)ccc1C. The number of halogens is 1. The van der Waals surface area contributed by atoms with E-state index in [0.717, 1.165) is 18.5 Å². The Morgan fingerprint density at radius 3 is 2.79 bits per heavy atom. The van der Waals surface area contributed by atoms with Gasteiger partial charge in [0.2, 0.25) is 0 Å². The van der Waals surface area contributed by atoms with Crippen LogP contribution in [0.1, 0.15) is 30.4 Å². The van der Waals surface area contributed by atoms with Crippen LogP contribution in [0, 0.1) is 12.7 Å². The molecule has 1 rings (SSSR count). The fourth-order valence-corrected chi connectivity index (χ4v) is 1.66. The first kappa shape index (κ1) is 11.2. The Hall–Kier alpha value is -0.890. The number of hydrogen-bond donors (Lipinski definition) is 1. The molecule has 0 spiro atoms. The van der Waals surface area contributed by atoms with Gasteiger partial charge in [-0.1, -0.05) is 13.0 Å². The Kier molecular flexibility index (Phi) is 4.08. The third-order valence-electron chi connectivity index (χ3n) is 2.60. The van der Waals surface area contributed by atoms with Crippen molar-refractivity contribution in [1.29, 1.82) is 0 Å². The number of hydrogen-bond acceptors (Lipinski definition) is 1. The molecule has 14 heavy (non-hydrogen) atoms. The summed E-state index contributed by atoms with van der Waals surface area (Å²) in [4.78, 5) is 0. The zero-order valence-corrected chi connectivity index (χ0v) is 9.10. The van der Waals surface area contributed by atoms with E-state index in [1.165, 1.54) is 11.6 Å². The number of benzene rings is 1. The van der Waals surface area contributed by atoms with Gasteiger partial charge in [-0.05, 0) is 56.1 Å². The van der Waals surface area contributed by atoms with Crippen molar-refractivity contribution in [3.63, 3.8) is 0 Å². The Balaban J connectivity index is 2.77. The van der Waals surface area contributed by atoms with Gasteiger partial charge in [-0.3, -0.25) is 0 Å². The van der Waals surface area contributed by atoms with Gasteiger partial charge < -0.3 is 5.32 Å². The largest absolute Gasteiger partial charge is 0.320 e. The zero-order valence-electron chi connectivity index (χ0n) is 9.10. The van der Waals surface area contributed by atoms with Crippen molar-refractivity contribution in [1.82, 2.24) is 5.32 Å². The molecule has 0 radical (unpaired) electrons. The molecule has 0 heterocycles. The van der Waals surface area contributed by atoms with Crippen molar-refractivity contribution < 1.29 is 4.39 Å². The maximum absolute atomic E-state index is 13.0. The quantitative estimate of drug-likeness (QED) is 0.779. The summed E-state index contributed by atoms with van der Waals surface area (Å²) in [6.07, 6.45) is 1.04. The molecule has 0 aliphatic heterocycles. The third-order valence-corrected chi connectivity index (χ3v) is 2.60. The summed E-state index contributed by atoms with van der Waals surface area (Å²) in [5.74, 6) is 0.278. The van der Waals surface area contributed by atoms with Crippen LogP contribution in [0.3, 0.4) is 0 Å². The predicted octanol–water partition coefficient (Wildman–Crippen LogP) is 2.85. The topological polar surface area (TPSA) is 12.0 Å². The molecule has 0 aliphatic rings. The molecule has 1 aromatic rings. The van der Waals surface area contributed by atoms with E-state index < -0.39 is 0 Å². The fraction of sp³-hybridized carbons (Fsp3) is 0.500. The Bertz CT molecular complexity index is 296. The number of aryl methyl sites for hydroxylation is 1. The second kappa shape index (κ2) is 5.11. The van der Waals surface area contributed by atoms with Crippen molar-refractivity contribution in [3.05, 3.63) is 35.1 Å². The molecule has 0 bridgehead atoms. The van der Waals surface area contributed by atoms with Crippen molar-refractivity contribution in [2.75, 3.05) is 13.6 Å². The van der Waals surface area contributed by atoms with Crippen molar-refractivity contribution in [2.24, 2.45) is 0 Å². The van der Waals surface area contributed by atoms with Crippen LogP contribution < -0.4 is 5.32 Å². The van der Waals surface area contributed by atoms with Gasteiger partial charge in [0.05, 0.1) is 0 Å². The van der Waals surface area contributed by atoms with Crippen molar-refractivity contribution in [3.8, 4) is 0 Å². The number of rotatable bonds is 4. The summed E-state index contributed by atoms with van der Waals surface area (Å²) in [6.45, 7) is 5.14. The lowest BCUT2D eigenvalue weighted by molar-refractivity contribution is 0.605. The molecule has 1 nitrogen and oxygen atoms in total. The molecule has 0 saturated carbocycles. The van der Waals surface area contributed by atoms with Gasteiger partial charge >= 0.3 is 0 Å². The van der Waals surface area contributed by atoms with E-state index >= 15 is 0 Å². The molecule has 1 aromatic carbocycles. The lowest BCUT2D eigenvalue weighted by atomic mass is 9.94. The van der Waals surface area contributed by atoms with E-state index in [1.54, 1.807) is 6.07 Å². The van der Waals surface area contributed by atoms with Crippen LogP contribution >= 0.6 is 0 Å². The minimum atomic E-state index is -0.137. The van der Waals surface area contributed by atoms with Crippen LogP contribution in [-0.4, -0.2) is 13.6 Å². The molecular formula is C12H18FN. The van der Waals surface area contributed by atoms with Gasteiger partial charge in [-0.2, -0.15) is 0 Å². The van der Waals surface area contributed by atoms with E-state index in [0.29, 0.717) is 5.92 Å². The summed E-state index contributed by atoms with van der Waals surface area (Å²) in [5.41, 5.74) is 2.30. The highest BCUT2D eigenvalue weighted by Gasteiger charge is 2.08. The summed E-state index contributed by atoms with van der Waals surface area (Å²) in [6, 6.07) is 5.01. The van der Waals surface area contributed by atoms with Crippen LogP contribution in [0.4, 0.5) is 4.39 Å².